The highest BCUT2D eigenvalue weighted by Crippen LogP contribution is 2.03. The summed E-state index contributed by atoms with van der Waals surface area (Å²) in [6, 6.07) is 0. The number of hydrogen-bond donors (Lipinski definition) is 0. The summed E-state index contributed by atoms with van der Waals surface area (Å²) in [5.41, 5.74) is 0. The Hall–Kier alpha value is -0.640. The van der Waals surface area contributed by atoms with Crippen molar-refractivity contribution < 1.29 is 8.63 Å². The van der Waals surface area contributed by atoms with Gasteiger partial charge in [-0.25, -0.2) is 9.19 Å². The topological polar surface area (TPSA) is 43.1 Å². The monoisotopic (exact) mass is 145 g/mol. The van der Waals surface area contributed by atoms with E-state index in [-0.39, 0.29) is 0 Å². The molecule has 1 heterocycles. The summed E-state index contributed by atoms with van der Waals surface area (Å²) in [7, 11) is -1.09. The van der Waals surface area contributed by atoms with Gasteiger partial charge in [0.2, 0.25) is 0 Å². The van der Waals surface area contributed by atoms with Crippen molar-refractivity contribution in [3.8, 4) is 0 Å². The number of hydrogen-bond acceptors (Lipinski definition) is 3. The van der Waals surface area contributed by atoms with Gasteiger partial charge in [0.15, 0.2) is 0 Å². The molecule has 1 aromatic rings. The van der Waals surface area contributed by atoms with Crippen LogP contribution < -0.4 is 0 Å². The Morgan fingerprint density at radius 1 is 1.78 bits per heavy atom. The van der Waals surface area contributed by atoms with Crippen molar-refractivity contribution in [2.45, 2.75) is 12.1 Å². The van der Waals surface area contributed by atoms with E-state index in [1.54, 1.807) is 13.1 Å². The Kier molecular flexibility index (Phi) is 1.66. The molecule has 0 aliphatic heterocycles. The molecule has 0 radical (unpaired) electrons. The van der Waals surface area contributed by atoms with Crippen LogP contribution in [0.15, 0.2) is 15.8 Å². The lowest BCUT2D eigenvalue weighted by Gasteiger charge is -1.81. The molecule has 0 fully saturated rings. The van der Waals surface area contributed by atoms with E-state index >= 15 is 0 Å². The van der Waals surface area contributed by atoms with E-state index in [1.807, 2.05) is 0 Å². The van der Waals surface area contributed by atoms with Gasteiger partial charge in [-0.3, -0.25) is 0 Å². The maximum Gasteiger partial charge on any atom is 0.286 e. The Labute approximate surface area is 55.5 Å². The van der Waals surface area contributed by atoms with Crippen LogP contribution in [0.25, 0.3) is 0 Å². The van der Waals surface area contributed by atoms with Gasteiger partial charge in [0.25, 0.3) is 5.22 Å². The molecule has 0 N–H and O–H groups in total. The van der Waals surface area contributed by atoms with Crippen LogP contribution in [0.2, 0.25) is 0 Å². The second-order valence-electron chi connectivity index (χ2n) is 1.69. The normalized spacial score (nSPS) is 13.6. The lowest BCUT2D eigenvalue weighted by molar-refractivity contribution is 0.424. The van der Waals surface area contributed by atoms with Crippen LogP contribution in [0.3, 0.4) is 0 Å². The van der Waals surface area contributed by atoms with Crippen molar-refractivity contribution in [2.75, 3.05) is 6.26 Å². The van der Waals surface area contributed by atoms with Crippen molar-refractivity contribution in [1.82, 2.24) is 4.98 Å². The quantitative estimate of drug-likeness (QED) is 0.584. The summed E-state index contributed by atoms with van der Waals surface area (Å²) in [5, 5.41) is 0.299. The highest BCUT2D eigenvalue weighted by molar-refractivity contribution is 7.84. The van der Waals surface area contributed by atoms with E-state index in [1.165, 1.54) is 6.26 Å². The van der Waals surface area contributed by atoms with E-state index in [2.05, 4.69) is 4.98 Å². The van der Waals surface area contributed by atoms with Gasteiger partial charge in [-0.2, -0.15) is 0 Å². The molecule has 4 heteroatoms. The minimum Gasteiger partial charge on any atom is -0.435 e. The van der Waals surface area contributed by atoms with Crippen LogP contribution in [0.4, 0.5) is 0 Å². The zero-order valence-corrected chi connectivity index (χ0v) is 6.07. The average molecular weight is 145 g/mol. The molecule has 0 saturated carbocycles. The van der Waals surface area contributed by atoms with Crippen molar-refractivity contribution in [2.24, 2.45) is 0 Å². The van der Waals surface area contributed by atoms with E-state index in [0.29, 0.717) is 11.0 Å². The third kappa shape index (κ3) is 1.38. The number of nitrogens with zero attached hydrogens (tertiary/aromatic N) is 1. The molecule has 0 aliphatic rings. The SMILES string of the molecule is Cc1cnc(S(C)=O)o1. The second-order valence-corrected chi connectivity index (χ2v) is 2.95. The molecule has 9 heavy (non-hydrogen) atoms. The Morgan fingerprint density at radius 2 is 2.44 bits per heavy atom. The Balaban J connectivity index is 2.98. The molecule has 1 atom stereocenters. The maximum atomic E-state index is 10.6. The lowest BCUT2D eigenvalue weighted by Crippen LogP contribution is -1.84. The first-order valence-electron chi connectivity index (χ1n) is 2.46. The first-order chi connectivity index (χ1) is 4.20. The first-order valence-corrected chi connectivity index (χ1v) is 4.02. The summed E-state index contributed by atoms with van der Waals surface area (Å²) in [5.74, 6) is 0.695. The lowest BCUT2D eigenvalue weighted by atomic mass is 10.6. The van der Waals surface area contributed by atoms with E-state index < -0.39 is 10.8 Å². The number of aromatic nitrogens is 1. The van der Waals surface area contributed by atoms with Crippen molar-refractivity contribution in [3.05, 3.63) is 12.0 Å². The third-order valence-electron chi connectivity index (χ3n) is 0.846. The summed E-state index contributed by atoms with van der Waals surface area (Å²) in [6.45, 7) is 1.77. The van der Waals surface area contributed by atoms with E-state index in [9.17, 15) is 4.21 Å². The fourth-order valence-electron chi connectivity index (χ4n) is 0.467. The minimum absolute atomic E-state index is 0.299. The third-order valence-corrected chi connectivity index (χ3v) is 1.53. The largest absolute Gasteiger partial charge is 0.435 e. The molecule has 0 aromatic carbocycles. The van der Waals surface area contributed by atoms with Crippen LogP contribution >= 0.6 is 0 Å². The fourth-order valence-corrected chi connectivity index (χ4v) is 0.917. The number of aryl methyl sites for hydroxylation is 1. The second kappa shape index (κ2) is 2.31. The van der Waals surface area contributed by atoms with Gasteiger partial charge in [-0.1, -0.05) is 0 Å². The van der Waals surface area contributed by atoms with Crippen molar-refractivity contribution in [3.63, 3.8) is 0 Å². The molecular weight excluding hydrogens is 138 g/mol. The predicted octanol–water partition coefficient (Wildman–Crippen LogP) is 0.720. The van der Waals surface area contributed by atoms with Gasteiger partial charge < -0.3 is 4.42 Å². The first kappa shape index (κ1) is 6.48. The summed E-state index contributed by atoms with van der Waals surface area (Å²) < 4.78 is 15.5. The molecule has 1 rings (SSSR count). The van der Waals surface area contributed by atoms with Crippen LogP contribution in [0.1, 0.15) is 5.76 Å². The molecule has 3 nitrogen and oxygen atoms in total. The highest BCUT2D eigenvalue weighted by atomic mass is 32.2. The zero-order valence-electron chi connectivity index (χ0n) is 5.25. The van der Waals surface area contributed by atoms with Gasteiger partial charge in [0.05, 0.1) is 6.20 Å². The Bertz CT molecular complexity index is 231. The molecule has 0 spiro atoms. The maximum absolute atomic E-state index is 10.6. The van der Waals surface area contributed by atoms with Gasteiger partial charge in [-0.05, 0) is 6.92 Å². The van der Waals surface area contributed by atoms with Crippen LogP contribution in [-0.4, -0.2) is 15.4 Å². The molecule has 0 amide bonds. The highest BCUT2D eigenvalue weighted by Gasteiger charge is 2.01. The molecule has 1 unspecified atom stereocenters. The standard InChI is InChI=1S/C5H7NO2S/c1-4-3-6-5(8-4)9(2)7/h3H,1-2H3. The van der Waals surface area contributed by atoms with E-state index in [0.717, 1.165) is 0 Å². The van der Waals surface area contributed by atoms with Crippen LogP contribution in [-0.2, 0) is 10.8 Å². The average Bonchev–Trinajstić information content (AvgIpc) is 2.14. The molecule has 1 aromatic heterocycles. The summed E-state index contributed by atoms with van der Waals surface area (Å²) in [6.07, 6.45) is 3.09. The number of rotatable bonds is 1. The fraction of sp³-hybridized carbons (Fsp3) is 0.400. The van der Waals surface area contributed by atoms with E-state index in [4.69, 9.17) is 4.42 Å². The predicted molar refractivity (Wildman–Crippen MR) is 33.6 cm³/mol. The number of oxazole rings is 1. The van der Waals surface area contributed by atoms with Crippen LogP contribution in [0.5, 0.6) is 0 Å². The van der Waals surface area contributed by atoms with Gasteiger partial charge >= 0.3 is 0 Å². The summed E-state index contributed by atoms with van der Waals surface area (Å²) in [4.78, 5) is 3.75. The molecule has 50 valence electrons. The minimum atomic E-state index is -1.09. The smallest absolute Gasteiger partial charge is 0.286 e. The zero-order chi connectivity index (χ0) is 6.85. The van der Waals surface area contributed by atoms with Gasteiger partial charge in [0.1, 0.15) is 16.6 Å². The van der Waals surface area contributed by atoms with Crippen molar-refractivity contribution in [1.29, 1.82) is 0 Å². The summed E-state index contributed by atoms with van der Waals surface area (Å²) >= 11 is 0. The van der Waals surface area contributed by atoms with Gasteiger partial charge in [-0.15, -0.1) is 0 Å². The Morgan fingerprint density at radius 3 is 2.67 bits per heavy atom. The molecular formula is C5H7NO2S. The van der Waals surface area contributed by atoms with Crippen LogP contribution in [0, 0.1) is 6.92 Å². The molecule has 0 bridgehead atoms. The van der Waals surface area contributed by atoms with Crippen molar-refractivity contribution >= 4 is 10.8 Å². The van der Waals surface area contributed by atoms with Gasteiger partial charge in [0, 0.05) is 6.26 Å². The molecule has 0 saturated heterocycles. The molecule has 0 aliphatic carbocycles.